The van der Waals surface area contributed by atoms with Gasteiger partial charge in [-0.1, -0.05) is 12.1 Å². The maximum absolute atomic E-state index is 13.3. The van der Waals surface area contributed by atoms with Crippen LogP contribution in [-0.2, 0) is 34.3 Å². The van der Waals surface area contributed by atoms with E-state index in [1.165, 1.54) is 6.92 Å². The first-order valence-electron chi connectivity index (χ1n) is 11.4. The number of hydrogen-bond donors (Lipinski definition) is 0. The Morgan fingerprint density at radius 3 is 2.67 bits per heavy atom. The van der Waals surface area contributed by atoms with Crippen molar-refractivity contribution in [3.63, 3.8) is 0 Å². The van der Waals surface area contributed by atoms with Crippen molar-refractivity contribution >= 4 is 33.0 Å². The van der Waals surface area contributed by atoms with Crippen LogP contribution in [0.25, 0.3) is 11.5 Å². The Morgan fingerprint density at radius 1 is 1.25 bits per heavy atom. The lowest BCUT2D eigenvalue weighted by Crippen LogP contribution is -2.35. The molecule has 0 radical (unpaired) electrons. The summed E-state index contributed by atoms with van der Waals surface area (Å²) in [6, 6.07) is 9.13. The van der Waals surface area contributed by atoms with Crippen molar-refractivity contribution in [1.82, 2.24) is 23.5 Å². The number of carbonyl (C=O) groups is 1. The van der Waals surface area contributed by atoms with E-state index in [1.54, 1.807) is 23.4 Å². The lowest BCUT2D eigenvalue weighted by Gasteiger charge is -2.23. The molecule has 0 spiro atoms. The van der Waals surface area contributed by atoms with Crippen molar-refractivity contribution < 1.29 is 22.0 Å². The van der Waals surface area contributed by atoms with Gasteiger partial charge in [0.25, 0.3) is 5.91 Å². The molecule has 11 nitrogen and oxygen atoms in total. The summed E-state index contributed by atoms with van der Waals surface area (Å²) in [6.45, 7) is 7.38. The summed E-state index contributed by atoms with van der Waals surface area (Å²) in [5.41, 5.74) is 3.46. The Bertz CT molecular complexity index is 1440. The number of sulfonamides is 1. The number of carbonyl (C=O) groups excluding carboxylic acids is 1. The molecule has 1 atom stereocenters. The minimum absolute atomic E-state index is 0.141. The number of amides is 1. The van der Waals surface area contributed by atoms with Gasteiger partial charge in [0, 0.05) is 29.4 Å². The molecular weight excluding hydrogens is 504 g/mol. The van der Waals surface area contributed by atoms with E-state index in [-0.39, 0.29) is 30.7 Å². The van der Waals surface area contributed by atoms with E-state index in [0.29, 0.717) is 38.7 Å². The Hall–Kier alpha value is -3.00. The highest BCUT2D eigenvalue weighted by atomic mass is 32.3. The van der Waals surface area contributed by atoms with Crippen LogP contribution in [0.4, 0.5) is 5.82 Å². The van der Waals surface area contributed by atoms with Crippen LogP contribution in [0.15, 0.2) is 36.7 Å². The van der Waals surface area contributed by atoms with E-state index in [9.17, 15) is 22.0 Å². The van der Waals surface area contributed by atoms with Crippen molar-refractivity contribution in [2.24, 2.45) is 0 Å². The quantitative estimate of drug-likeness (QED) is 0.383. The topological polar surface area (TPSA) is 141 Å². The molecule has 0 saturated carbocycles. The molecule has 2 aromatic heterocycles. The zero-order chi connectivity index (χ0) is 26.2. The number of fused-ring (bicyclic) bond motifs is 1. The van der Waals surface area contributed by atoms with Gasteiger partial charge in [-0.25, -0.2) is 13.4 Å². The molecule has 1 aliphatic rings. The van der Waals surface area contributed by atoms with Crippen molar-refractivity contribution in [2.45, 2.75) is 46.7 Å². The van der Waals surface area contributed by atoms with Crippen LogP contribution >= 0.6 is 0 Å². The van der Waals surface area contributed by atoms with Crippen molar-refractivity contribution in [2.75, 3.05) is 17.2 Å². The Morgan fingerprint density at radius 2 is 2.00 bits per heavy atom. The number of hydrogen-bond acceptors (Lipinski definition) is 8. The minimum Gasteiger partial charge on any atom is -0.759 e. The van der Waals surface area contributed by atoms with Crippen molar-refractivity contribution in [3.05, 3.63) is 58.9 Å². The number of aryl methyl sites for hydroxylation is 1. The average Bonchev–Trinajstić information content (AvgIpc) is 3.44. The van der Waals surface area contributed by atoms with Gasteiger partial charge in [0.05, 0.1) is 12.3 Å². The summed E-state index contributed by atoms with van der Waals surface area (Å²) in [4.78, 5) is 19.6. The SMILES string of the molecule is CCS(=O)(=O)N(CCc1cc2c(cc1C)CN(c1cccc(-c3nncn3C(C)C)n1)C2=O)S(=O)[O-]. The summed E-state index contributed by atoms with van der Waals surface area (Å²) < 4.78 is 49.6. The maximum atomic E-state index is 13.3. The molecule has 1 amide bonds. The van der Waals surface area contributed by atoms with Gasteiger partial charge >= 0.3 is 0 Å². The van der Waals surface area contributed by atoms with E-state index in [0.717, 1.165) is 11.1 Å². The first-order chi connectivity index (χ1) is 17.0. The second-order valence-corrected chi connectivity index (χ2v) is 12.0. The third kappa shape index (κ3) is 4.96. The fourth-order valence-corrected chi connectivity index (χ4v) is 6.10. The van der Waals surface area contributed by atoms with Gasteiger partial charge in [-0.05, 0) is 69.0 Å². The van der Waals surface area contributed by atoms with E-state index in [2.05, 4.69) is 15.2 Å². The van der Waals surface area contributed by atoms with Gasteiger partial charge in [-0.3, -0.25) is 13.9 Å². The number of nitrogens with zero attached hydrogens (tertiary/aromatic N) is 6. The number of aromatic nitrogens is 4. The molecule has 4 rings (SSSR count). The van der Waals surface area contributed by atoms with E-state index >= 15 is 0 Å². The molecule has 13 heteroatoms. The van der Waals surface area contributed by atoms with Gasteiger partial charge in [0.1, 0.15) is 17.8 Å². The molecule has 192 valence electrons. The molecule has 1 aromatic carbocycles. The minimum atomic E-state index is -3.92. The average molecular weight is 532 g/mol. The first kappa shape index (κ1) is 26.1. The molecule has 0 aliphatic carbocycles. The number of benzene rings is 1. The molecule has 1 unspecified atom stereocenters. The fourth-order valence-electron chi connectivity index (χ4n) is 4.15. The summed E-state index contributed by atoms with van der Waals surface area (Å²) in [6.07, 6.45) is 1.79. The summed E-state index contributed by atoms with van der Waals surface area (Å²) in [5.74, 6) is 0.535. The highest BCUT2D eigenvalue weighted by Gasteiger charge is 2.31. The van der Waals surface area contributed by atoms with Crippen LogP contribution < -0.4 is 4.90 Å². The van der Waals surface area contributed by atoms with Gasteiger partial charge < -0.3 is 9.12 Å². The summed E-state index contributed by atoms with van der Waals surface area (Å²) in [5, 5.41) is 8.17. The Kier molecular flexibility index (Phi) is 7.36. The zero-order valence-electron chi connectivity index (χ0n) is 20.4. The second-order valence-electron chi connectivity index (χ2n) is 8.76. The normalized spacial score (nSPS) is 14.6. The third-order valence-corrected chi connectivity index (χ3v) is 9.23. The van der Waals surface area contributed by atoms with Crippen molar-refractivity contribution in [1.29, 1.82) is 0 Å². The van der Waals surface area contributed by atoms with Gasteiger partial charge in [-0.15, -0.1) is 13.9 Å². The summed E-state index contributed by atoms with van der Waals surface area (Å²) >= 11 is -2.91. The van der Waals surface area contributed by atoms with Crippen molar-refractivity contribution in [3.8, 4) is 11.5 Å². The van der Waals surface area contributed by atoms with E-state index in [4.69, 9.17) is 0 Å². The molecule has 0 fully saturated rings. The fraction of sp³-hybridized carbons (Fsp3) is 0.391. The highest BCUT2D eigenvalue weighted by Crippen LogP contribution is 2.31. The lowest BCUT2D eigenvalue weighted by atomic mass is 9.99. The van der Waals surface area contributed by atoms with Crippen LogP contribution in [0.3, 0.4) is 0 Å². The van der Waals surface area contributed by atoms with Crippen LogP contribution in [-0.4, -0.2) is 58.8 Å². The predicted octanol–water partition coefficient (Wildman–Crippen LogP) is 2.38. The van der Waals surface area contributed by atoms with E-state index in [1.807, 2.05) is 43.5 Å². The smallest absolute Gasteiger partial charge is 0.260 e. The molecule has 0 bridgehead atoms. The molecule has 3 aromatic rings. The third-order valence-electron chi connectivity index (χ3n) is 6.14. The molecule has 36 heavy (non-hydrogen) atoms. The molecule has 0 saturated heterocycles. The number of pyridine rings is 1. The number of anilines is 1. The maximum Gasteiger partial charge on any atom is 0.260 e. The molecule has 0 N–H and O–H groups in total. The van der Waals surface area contributed by atoms with Gasteiger partial charge in [0.15, 0.2) is 5.82 Å². The van der Waals surface area contributed by atoms with Gasteiger partial charge in [0.2, 0.25) is 10.0 Å². The Labute approximate surface area is 212 Å². The highest BCUT2D eigenvalue weighted by molar-refractivity contribution is 7.99. The monoisotopic (exact) mass is 531 g/mol. The van der Waals surface area contributed by atoms with E-state index < -0.39 is 21.3 Å². The van der Waals surface area contributed by atoms with Crippen LogP contribution in [0.5, 0.6) is 0 Å². The largest absolute Gasteiger partial charge is 0.759 e. The number of rotatable bonds is 9. The second kappa shape index (κ2) is 10.2. The summed E-state index contributed by atoms with van der Waals surface area (Å²) in [7, 11) is -3.92. The molecule has 3 heterocycles. The zero-order valence-corrected chi connectivity index (χ0v) is 22.0. The van der Waals surface area contributed by atoms with Gasteiger partial charge in [-0.2, -0.15) is 0 Å². The Balaban J connectivity index is 1.59. The van der Waals surface area contributed by atoms with Crippen LogP contribution in [0.1, 0.15) is 53.9 Å². The van der Waals surface area contributed by atoms with Crippen LogP contribution in [0, 0.1) is 6.92 Å². The standard InChI is InChI=1S/C23H28N6O5S2/c1-5-36(33,34)29(35(31)32)10-9-17-12-19-18(11-16(17)4)13-27(23(19)30)21-8-6-7-20(25-21)22-26-24-14-28(22)15(2)3/h6-8,11-12,14-15H,5,9-10,13H2,1-4H3,(H,31,32)/p-1. The molecule has 1 aliphatic heterocycles. The van der Waals surface area contributed by atoms with Crippen LogP contribution in [0.2, 0.25) is 0 Å². The first-order valence-corrected chi connectivity index (χ1v) is 14.1. The lowest BCUT2D eigenvalue weighted by molar-refractivity contribution is 0.0996. The predicted molar refractivity (Wildman–Crippen MR) is 134 cm³/mol. The molecular formula is C23H27N6O5S2-.